The van der Waals surface area contributed by atoms with Gasteiger partial charge in [0.2, 0.25) is 0 Å². The smallest absolute Gasteiger partial charge is 0.337 e. The molecule has 4 heteroatoms. The minimum atomic E-state index is -0.348. The van der Waals surface area contributed by atoms with Crippen molar-refractivity contribution in [2.24, 2.45) is 0 Å². The van der Waals surface area contributed by atoms with Gasteiger partial charge in [-0.15, -0.1) is 0 Å². The van der Waals surface area contributed by atoms with E-state index >= 15 is 0 Å². The van der Waals surface area contributed by atoms with E-state index in [1.54, 1.807) is 18.2 Å². The summed E-state index contributed by atoms with van der Waals surface area (Å²) >= 11 is 0. The van der Waals surface area contributed by atoms with Crippen molar-refractivity contribution in [2.75, 3.05) is 12.4 Å². The monoisotopic (exact) mass is 287 g/mol. The lowest BCUT2D eigenvalue weighted by Gasteiger charge is -2.12. The van der Waals surface area contributed by atoms with Gasteiger partial charge in [-0.25, -0.2) is 9.18 Å². The highest BCUT2D eigenvalue weighted by molar-refractivity contribution is 5.90. The molecule has 2 rings (SSSR count). The first kappa shape index (κ1) is 15.0. The summed E-state index contributed by atoms with van der Waals surface area (Å²) in [7, 11) is 1.36. The first-order valence-corrected chi connectivity index (χ1v) is 6.69. The van der Waals surface area contributed by atoms with Crippen molar-refractivity contribution in [3.8, 4) is 0 Å². The Morgan fingerprint density at radius 2 is 1.90 bits per heavy atom. The average molecular weight is 287 g/mol. The molecule has 21 heavy (non-hydrogen) atoms. The van der Waals surface area contributed by atoms with Crippen LogP contribution in [-0.4, -0.2) is 13.1 Å². The van der Waals surface area contributed by atoms with Gasteiger partial charge in [0.05, 0.1) is 12.7 Å². The van der Waals surface area contributed by atoms with E-state index in [4.69, 9.17) is 4.74 Å². The maximum absolute atomic E-state index is 13.1. The quantitative estimate of drug-likeness (QED) is 0.868. The summed E-state index contributed by atoms with van der Waals surface area (Å²) < 4.78 is 17.8. The highest BCUT2D eigenvalue weighted by Crippen LogP contribution is 2.19. The van der Waals surface area contributed by atoms with Gasteiger partial charge >= 0.3 is 5.97 Å². The SMILES string of the molecule is COC(=O)c1ccc(NCc2ccc(F)cc2C)c(C)c1. The molecule has 0 unspecified atom stereocenters. The Labute approximate surface area is 123 Å². The Bertz CT molecular complexity index is 668. The summed E-state index contributed by atoms with van der Waals surface area (Å²) in [6, 6.07) is 10.1. The second kappa shape index (κ2) is 6.39. The normalized spacial score (nSPS) is 10.3. The van der Waals surface area contributed by atoms with Gasteiger partial charge in [0.15, 0.2) is 0 Å². The van der Waals surface area contributed by atoms with Crippen LogP contribution in [0.25, 0.3) is 0 Å². The first-order valence-electron chi connectivity index (χ1n) is 6.69. The fourth-order valence-electron chi connectivity index (χ4n) is 2.15. The molecular formula is C17H18FNO2. The number of halogens is 1. The number of esters is 1. The third-order valence-corrected chi connectivity index (χ3v) is 3.42. The molecule has 2 aromatic carbocycles. The summed E-state index contributed by atoms with van der Waals surface area (Å²) in [6.45, 7) is 4.41. The van der Waals surface area contributed by atoms with Crippen molar-refractivity contribution >= 4 is 11.7 Å². The number of ether oxygens (including phenoxy) is 1. The van der Waals surface area contributed by atoms with Gasteiger partial charge in [0, 0.05) is 12.2 Å². The van der Waals surface area contributed by atoms with Gasteiger partial charge < -0.3 is 10.1 Å². The molecular weight excluding hydrogens is 269 g/mol. The molecule has 1 N–H and O–H groups in total. The molecule has 0 atom stereocenters. The van der Waals surface area contributed by atoms with E-state index in [2.05, 4.69) is 5.32 Å². The third-order valence-electron chi connectivity index (χ3n) is 3.42. The van der Waals surface area contributed by atoms with Gasteiger partial charge in [-0.3, -0.25) is 0 Å². The number of carbonyl (C=O) groups is 1. The van der Waals surface area contributed by atoms with Crippen LogP contribution < -0.4 is 5.32 Å². The Hall–Kier alpha value is -2.36. The van der Waals surface area contributed by atoms with Crippen LogP contribution in [0.3, 0.4) is 0 Å². The second-order valence-corrected chi connectivity index (χ2v) is 4.95. The first-order chi connectivity index (χ1) is 10.0. The summed E-state index contributed by atoms with van der Waals surface area (Å²) in [5, 5.41) is 3.30. The summed E-state index contributed by atoms with van der Waals surface area (Å²) in [6.07, 6.45) is 0. The Morgan fingerprint density at radius 1 is 1.14 bits per heavy atom. The average Bonchev–Trinajstić information content (AvgIpc) is 2.46. The molecule has 0 bridgehead atoms. The van der Waals surface area contributed by atoms with Crippen molar-refractivity contribution in [2.45, 2.75) is 20.4 Å². The van der Waals surface area contributed by atoms with E-state index in [1.165, 1.54) is 19.2 Å². The van der Waals surface area contributed by atoms with Gasteiger partial charge in [0.1, 0.15) is 5.82 Å². The minimum absolute atomic E-state index is 0.227. The van der Waals surface area contributed by atoms with Crippen LogP contribution >= 0.6 is 0 Å². The zero-order valence-corrected chi connectivity index (χ0v) is 12.4. The molecule has 0 aliphatic rings. The molecule has 0 saturated carbocycles. The molecule has 0 fully saturated rings. The number of methoxy groups -OCH3 is 1. The maximum Gasteiger partial charge on any atom is 0.337 e. The lowest BCUT2D eigenvalue weighted by atomic mass is 10.1. The van der Waals surface area contributed by atoms with E-state index in [0.717, 1.165) is 22.4 Å². The highest BCUT2D eigenvalue weighted by Gasteiger charge is 2.08. The fourth-order valence-corrected chi connectivity index (χ4v) is 2.15. The number of benzene rings is 2. The van der Waals surface area contributed by atoms with Crippen LogP contribution in [0, 0.1) is 19.7 Å². The molecule has 0 saturated heterocycles. The van der Waals surface area contributed by atoms with E-state index in [1.807, 2.05) is 19.9 Å². The Morgan fingerprint density at radius 3 is 2.52 bits per heavy atom. The third kappa shape index (κ3) is 3.60. The fraction of sp³-hybridized carbons (Fsp3) is 0.235. The maximum atomic E-state index is 13.1. The van der Waals surface area contributed by atoms with Crippen LogP contribution in [0.15, 0.2) is 36.4 Å². The van der Waals surface area contributed by atoms with Crippen molar-refractivity contribution in [1.29, 1.82) is 0 Å². The summed E-state index contributed by atoms with van der Waals surface area (Å²) in [5.74, 6) is -0.575. The standard InChI is InChI=1S/C17H18FNO2/c1-11-9-15(18)6-4-14(11)10-19-16-7-5-13(8-12(16)2)17(20)21-3/h4-9,19H,10H2,1-3H3. The van der Waals surface area contributed by atoms with Gasteiger partial charge in [-0.1, -0.05) is 6.07 Å². The van der Waals surface area contributed by atoms with Crippen molar-refractivity contribution < 1.29 is 13.9 Å². The molecule has 0 radical (unpaired) electrons. The van der Waals surface area contributed by atoms with E-state index in [9.17, 15) is 9.18 Å². The number of nitrogens with one attached hydrogen (secondary N) is 1. The lowest BCUT2D eigenvalue weighted by Crippen LogP contribution is -2.05. The van der Waals surface area contributed by atoms with Crippen LogP contribution in [-0.2, 0) is 11.3 Å². The predicted octanol–water partition coefficient (Wildman–Crippen LogP) is 3.84. The zero-order chi connectivity index (χ0) is 15.4. The zero-order valence-electron chi connectivity index (χ0n) is 12.4. The molecule has 3 nitrogen and oxygen atoms in total. The Balaban J connectivity index is 2.11. The van der Waals surface area contributed by atoms with Gasteiger partial charge in [-0.2, -0.15) is 0 Å². The number of hydrogen-bond donors (Lipinski definition) is 1. The largest absolute Gasteiger partial charge is 0.465 e. The minimum Gasteiger partial charge on any atom is -0.465 e. The molecule has 0 aliphatic heterocycles. The van der Waals surface area contributed by atoms with Crippen molar-refractivity contribution in [1.82, 2.24) is 0 Å². The molecule has 0 aliphatic carbocycles. The summed E-state index contributed by atoms with van der Waals surface area (Å²) in [5.41, 5.74) is 4.36. The number of rotatable bonds is 4. The molecule has 2 aromatic rings. The lowest BCUT2D eigenvalue weighted by molar-refractivity contribution is 0.0600. The van der Waals surface area contributed by atoms with Crippen LogP contribution in [0.2, 0.25) is 0 Å². The van der Waals surface area contributed by atoms with E-state index in [-0.39, 0.29) is 11.8 Å². The van der Waals surface area contributed by atoms with E-state index < -0.39 is 0 Å². The van der Waals surface area contributed by atoms with Crippen LogP contribution in [0.5, 0.6) is 0 Å². The van der Waals surface area contributed by atoms with Crippen LogP contribution in [0.4, 0.5) is 10.1 Å². The molecule has 0 aromatic heterocycles. The molecule has 0 heterocycles. The molecule has 0 spiro atoms. The number of hydrogen-bond acceptors (Lipinski definition) is 3. The van der Waals surface area contributed by atoms with Gasteiger partial charge in [0.25, 0.3) is 0 Å². The molecule has 110 valence electrons. The Kier molecular flexibility index (Phi) is 4.58. The number of carbonyl (C=O) groups excluding carboxylic acids is 1. The van der Waals surface area contributed by atoms with Crippen LogP contribution in [0.1, 0.15) is 27.0 Å². The topological polar surface area (TPSA) is 38.3 Å². The number of aryl methyl sites for hydroxylation is 2. The second-order valence-electron chi connectivity index (χ2n) is 4.95. The van der Waals surface area contributed by atoms with E-state index in [0.29, 0.717) is 12.1 Å². The van der Waals surface area contributed by atoms with Crippen molar-refractivity contribution in [3.63, 3.8) is 0 Å². The highest BCUT2D eigenvalue weighted by atomic mass is 19.1. The number of anilines is 1. The van der Waals surface area contributed by atoms with Crippen molar-refractivity contribution in [3.05, 3.63) is 64.5 Å². The molecule has 0 amide bonds. The van der Waals surface area contributed by atoms with Gasteiger partial charge in [-0.05, 0) is 60.9 Å². The predicted molar refractivity (Wildman–Crippen MR) is 81.0 cm³/mol. The summed E-state index contributed by atoms with van der Waals surface area (Å²) in [4.78, 5) is 11.5.